The second kappa shape index (κ2) is 36.5. The fourth-order valence-electron chi connectivity index (χ4n) is 5.61. The zero-order valence-corrected chi connectivity index (χ0v) is 42.3. The van der Waals surface area contributed by atoms with Gasteiger partial charge in [-0.05, 0) is 101 Å². The predicted octanol–water partition coefficient (Wildman–Crippen LogP) is 9.97. The van der Waals surface area contributed by atoms with Crippen LogP contribution >= 0.6 is 0 Å². The van der Waals surface area contributed by atoms with Crippen molar-refractivity contribution < 1.29 is 64.1 Å². The molecule has 0 aliphatic heterocycles. The summed E-state index contributed by atoms with van der Waals surface area (Å²) in [4.78, 5) is 48.6. The average Bonchev–Trinajstić information content (AvgIpc) is 3.26. The van der Waals surface area contributed by atoms with Gasteiger partial charge in [-0.15, -0.1) is 0 Å². The van der Waals surface area contributed by atoms with E-state index in [1.54, 1.807) is 0 Å². The van der Waals surface area contributed by atoms with E-state index in [2.05, 4.69) is 39.8 Å². The Morgan fingerprint density at radius 3 is 0.923 bits per heavy atom. The molecule has 0 N–H and O–H groups in total. The molecular formula is C48H66CaO14S2. The molecule has 0 saturated heterocycles. The van der Waals surface area contributed by atoms with Gasteiger partial charge in [-0.1, -0.05) is 114 Å². The summed E-state index contributed by atoms with van der Waals surface area (Å²) >= 11 is 0. The average molecular weight is 971 g/mol. The zero-order valence-electron chi connectivity index (χ0n) is 38.5. The number of unbranched alkanes of at least 4 members (excludes halogenated alkanes) is 8. The number of esters is 4. The quantitative estimate of drug-likeness (QED) is 0.0178. The van der Waals surface area contributed by atoms with E-state index in [-0.39, 0.29) is 75.3 Å². The Morgan fingerprint density at radius 2 is 0.677 bits per heavy atom. The third kappa shape index (κ3) is 26.3. The fourth-order valence-corrected chi connectivity index (χ4v) is 6.99. The van der Waals surface area contributed by atoms with Crippen LogP contribution in [-0.2, 0) is 39.2 Å². The Balaban J connectivity index is 0.00000124. The van der Waals surface area contributed by atoms with Gasteiger partial charge in [0.25, 0.3) is 0 Å². The minimum Gasteiger partial charge on any atom is -0.744 e. The van der Waals surface area contributed by atoms with Crippen molar-refractivity contribution in [3.63, 3.8) is 0 Å². The molecule has 0 unspecified atom stereocenters. The van der Waals surface area contributed by atoms with Crippen LogP contribution in [0.1, 0.15) is 172 Å². The van der Waals surface area contributed by atoms with Gasteiger partial charge >= 0.3 is 61.6 Å². The number of rotatable bonds is 30. The van der Waals surface area contributed by atoms with Crippen LogP contribution in [0.5, 0.6) is 0 Å². The van der Waals surface area contributed by atoms with Gasteiger partial charge in [0.2, 0.25) is 0 Å². The predicted molar refractivity (Wildman–Crippen MR) is 249 cm³/mol. The van der Waals surface area contributed by atoms with Gasteiger partial charge in [-0.25, -0.2) is 36.0 Å². The Hall–Kier alpha value is -3.64. The molecule has 0 aromatic heterocycles. The minimum absolute atomic E-state index is 0. The summed E-state index contributed by atoms with van der Waals surface area (Å²) < 4.78 is 90.6. The van der Waals surface area contributed by atoms with Gasteiger partial charge < -0.3 is 28.1 Å². The molecule has 0 amide bonds. The molecule has 2 aromatic carbocycles. The summed E-state index contributed by atoms with van der Waals surface area (Å²) in [6.07, 6.45) is 29.3. The van der Waals surface area contributed by atoms with E-state index in [4.69, 9.17) is 18.9 Å². The summed E-state index contributed by atoms with van der Waals surface area (Å²) in [6, 6.07) is 6.93. The van der Waals surface area contributed by atoms with Crippen LogP contribution in [0.3, 0.4) is 0 Å². The minimum atomic E-state index is -5.00. The maximum Gasteiger partial charge on any atom is 2.00 e. The van der Waals surface area contributed by atoms with Crippen LogP contribution in [-0.4, -0.2) is 114 Å². The van der Waals surface area contributed by atoms with Crippen LogP contribution < -0.4 is 0 Å². The molecular weight excluding hydrogens is 905 g/mol. The Morgan fingerprint density at radius 1 is 0.431 bits per heavy atom. The van der Waals surface area contributed by atoms with Crippen molar-refractivity contribution in [3.05, 3.63) is 107 Å². The number of ether oxygens (including phenoxy) is 4. The molecule has 2 rings (SSSR count). The molecule has 2 aromatic rings. The molecule has 0 radical (unpaired) electrons. The number of carbonyl (C=O) groups excluding carboxylic acids is 4. The summed E-state index contributed by atoms with van der Waals surface area (Å²) in [5, 5.41) is 0. The second-order valence-electron chi connectivity index (χ2n) is 14.4. The standard InChI is InChI=1S/2C24H34O7S.Ca/c2*1-3-5-7-9-11-13-18-30-23(25)20-16-15-17-21(32(27,28)29)22(20)24(26)31-19-14-12-10-8-6-4-2;/h2*7-10,15-17H,3-6,11-14,18-19H2,1-2H3,(H,27,28,29);/q;;+2/p-2/b2*9-7+,10-8+;. The van der Waals surface area contributed by atoms with Crippen LogP contribution in [0.4, 0.5) is 0 Å². The normalized spacial score (nSPS) is 11.7. The van der Waals surface area contributed by atoms with E-state index in [1.165, 1.54) is 24.3 Å². The molecule has 0 saturated carbocycles. The molecule has 14 nitrogen and oxygen atoms in total. The monoisotopic (exact) mass is 970 g/mol. The molecule has 0 spiro atoms. The number of carbonyl (C=O) groups is 4. The molecule has 0 bridgehead atoms. The zero-order chi connectivity index (χ0) is 47.6. The third-order valence-electron chi connectivity index (χ3n) is 8.92. The first-order valence-corrected chi connectivity index (χ1v) is 24.9. The van der Waals surface area contributed by atoms with E-state index >= 15 is 0 Å². The first kappa shape index (κ1) is 61.4. The molecule has 0 aliphatic rings. The van der Waals surface area contributed by atoms with Crippen molar-refractivity contribution in [1.82, 2.24) is 0 Å². The molecule has 17 heteroatoms. The number of hydrogen-bond acceptors (Lipinski definition) is 14. The number of allylic oxidation sites excluding steroid dienone is 8. The summed E-state index contributed by atoms with van der Waals surface area (Å²) in [7, 11) is -9.99. The second-order valence-corrected chi connectivity index (χ2v) is 17.1. The van der Waals surface area contributed by atoms with Crippen molar-refractivity contribution in [2.45, 2.75) is 140 Å². The van der Waals surface area contributed by atoms with Gasteiger partial charge in [-0.2, -0.15) is 0 Å². The van der Waals surface area contributed by atoms with Crippen molar-refractivity contribution in [3.8, 4) is 0 Å². The third-order valence-corrected chi connectivity index (χ3v) is 10.7. The van der Waals surface area contributed by atoms with Crippen molar-refractivity contribution in [2.75, 3.05) is 26.4 Å². The summed E-state index contributed by atoms with van der Waals surface area (Å²) in [6.45, 7) is 8.56. The van der Waals surface area contributed by atoms with E-state index in [9.17, 15) is 45.1 Å². The van der Waals surface area contributed by atoms with Crippen LogP contribution in [0.2, 0.25) is 0 Å². The van der Waals surface area contributed by atoms with Gasteiger partial charge in [0.15, 0.2) is 0 Å². The van der Waals surface area contributed by atoms with E-state index in [0.29, 0.717) is 38.5 Å². The van der Waals surface area contributed by atoms with Crippen molar-refractivity contribution in [1.29, 1.82) is 0 Å². The topological polar surface area (TPSA) is 220 Å². The summed E-state index contributed by atoms with van der Waals surface area (Å²) in [5.74, 6) is -3.82. The maximum absolute atomic E-state index is 12.6. The van der Waals surface area contributed by atoms with E-state index < -0.39 is 65.0 Å². The van der Waals surface area contributed by atoms with E-state index in [1.807, 2.05) is 36.5 Å². The first-order valence-electron chi connectivity index (χ1n) is 22.1. The molecule has 356 valence electrons. The maximum atomic E-state index is 12.6. The molecule has 0 fully saturated rings. The van der Waals surface area contributed by atoms with Gasteiger partial charge in [0.1, 0.15) is 20.2 Å². The summed E-state index contributed by atoms with van der Waals surface area (Å²) in [5.41, 5.74) is -1.73. The molecule has 0 atom stereocenters. The van der Waals surface area contributed by atoms with Crippen LogP contribution in [0, 0.1) is 0 Å². The molecule has 0 aliphatic carbocycles. The van der Waals surface area contributed by atoms with E-state index in [0.717, 1.165) is 76.3 Å². The van der Waals surface area contributed by atoms with Gasteiger partial charge in [0.05, 0.1) is 58.5 Å². The number of benzene rings is 2. The SMILES string of the molecule is CCC/C=C/CCCOC(=O)c1cccc(S(=O)(=O)[O-])c1C(=O)OCCC/C=C/CCC.CCC/C=C/CCCOC(=O)c1cccc(S(=O)(=O)[O-])c1C(=O)OCCC/C=C/CCC.[Ca+2]. The van der Waals surface area contributed by atoms with Gasteiger partial charge in [-0.3, -0.25) is 0 Å². The Bertz CT molecular complexity index is 1930. The fraction of sp³-hybridized carbons (Fsp3) is 0.500. The van der Waals surface area contributed by atoms with Crippen LogP contribution in [0.25, 0.3) is 0 Å². The molecule has 0 heterocycles. The van der Waals surface area contributed by atoms with Crippen molar-refractivity contribution >= 4 is 81.9 Å². The smallest absolute Gasteiger partial charge is 0.744 e. The Labute approximate surface area is 416 Å². The Kier molecular flexibility index (Phi) is 34.4. The van der Waals surface area contributed by atoms with Crippen molar-refractivity contribution in [2.24, 2.45) is 0 Å². The number of hydrogen-bond donors (Lipinski definition) is 0. The molecule has 65 heavy (non-hydrogen) atoms. The van der Waals surface area contributed by atoms with Gasteiger partial charge in [0, 0.05) is 0 Å². The van der Waals surface area contributed by atoms with Crippen LogP contribution in [0.15, 0.2) is 94.8 Å². The first-order chi connectivity index (χ1) is 30.6. The largest absolute Gasteiger partial charge is 2.00 e.